The van der Waals surface area contributed by atoms with E-state index < -0.39 is 0 Å². The molecule has 2 fully saturated rings. The minimum absolute atomic E-state index is 0.0316. The molecule has 0 aliphatic carbocycles. The van der Waals surface area contributed by atoms with Crippen molar-refractivity contribution in [2.75, 3.05) is 46.8 Å². The van der Waals surface area contributed by atoms with Crippen LogP contribution in [0.2, 0.25) is 0 Å². The molecule has 3 amide bonds. The van der Waals surface area contributed by atoms with Crippen molar-refractivity contribution in [3.05, 3.63) is 11.6 Å². The van der Waals surface area contributed by atoms with Crippen molar-refractivity contribution in [2.45, 2.75) is 79.2 Å². The number of amides is 3. The Labute approximate surface area is 196 Å². The molecule has 0 unspecified atom stereocenters. The van der Waals surface area contributed by atoms with Gasteiger partial charge in [-0.3, -0.25) is 14.4 Å². The molecule has 7 nitrogen and oxygen atoms in total. The molecule has 0 aromatic carbocycles. The maximum atomic E-state index is 12.4. The number of carbonyl (C=O) groups excluding carboxylic acids is 3. The Bertz CT molecular complexity index is 566. The summed E-state index contributed by atoms with van der Waals surface area (Å²) in [5.74, 6) is 0.0463. The Morgan fingerprint density at radius 2 is 1.50 bits per heavy atom. The molecule has 7 heteroatoms. The Morgan fingerprint density at radius 3 is 1.91 bits per heavy atom. The van der Waals surface area contributed by atoms with Crippen molar-refractivity contribution in [2.24, 2.45) is 5.92 Å². The summed E-state index contributed by atoms with van der Waals surface area (Å²) in [6, 6.07) is -0.174. The smallest absolute Gasteiger partial charge is 0.249 e. The highest BCUT2D eigenvalue weighted by Gasteiger charge is 2.24. The van der Waals surface area contributed by atoms with Crippen molar-refractivity contribution in [1.82, 2.24) is 20.0 Å². The number of likely N-dealkylation sites (tertiary alicyclic amines) is 2. The molecule has 2 aliphatic heterocycles. The number of piperidine rings is 1. The number of hydrogen-bond acceptors (Lipinski definition) is 4. The van der Waals surface area contributed by atoms with Crippen LogP contribution >= 0.6 is 0 Å². The van der Waals surface area contributed by atoms with Crippen LogP contribution < -0.4 is 5.32 Å². The van der Waals surface area contributed by atoms with Crippen LogP contribution in [0.25, 0.3) is 0 Å². The Kier molecular flexibility index (Phi) is 16.6. The van der Waals surface area contributed by atoms with Gasteiger partial charge in [-0.15, -0.1) is 0 Å². The van der Waals surface area contributed by atoms with Crippen LogP contribution in [0, 0.1) is 5.92 Å². The lowest BCUT2D eigenvalue weighted by atomic mass is 9.99. The fourth-order valence-corrected chi connectivity index (χ4v) is 3.72. The Hall–Kier alpha value is -1.89. The molecule has 0 radical (unpaired) electrons. The van der Waals surface area contributed by atoms with Crippen molar-refractivity contribution in [3.8, 4) is 0 Å². The van der Waals surface area contributed by atoms with E-state index in [2.05, 4.69) is 31.1 Å². The third-order valence-corrected chi connectivity index (χ3v) is 5.59. The predicted molar refractivity (Wildman–Crippen MR) is 132 cm³/mol. The summed E-state index contributed by atoms with van der Waals surface area (Å²) in [6.07, 6.45) is 10.0. The zero-order chi connectivity index (χ0) is 24.5. The minimum atomic E-state index is -0.177. The molecule has 32 heavy (non-hydrogen) atoms. The monoisotopic (exact) mass is 452 g/mol. The van der Waals surface area contributed by atoms with Crippen LogP contribution in [0.1, 0.15) is 73.1 Å². The van der Waals surface area contributed by atoms with Gasteiger partial charge in [-0.25, -0.2) is 0 Å². The molecule has 0 bridgehead atoms. The van der Waals surface area contributed by atoms with E-state index >= 15 is 0 Å². The fraction of sp³-hybridized carbons (Fsp3) is 0.800. The number of likely N-dealkylation sites (N-methyl/N-ethyl adjacent to an activating group) is 1. The van der Waals surface area contributed by atoms with Crippen LogP contribution in [0.4, 0.5) is 0 Å². The lowest BCUT2D eigenvalue weighted by Gasteiger charge is -2.30. The lowest BCUT2D eigenvalue weighted by Crippen LogP contribution is -2.43. The standard InChI is InChI=1S/C16H27N3O3.C6H13N.C3H8/c1-12(2)14(18(4)15(21)10-17-11-20)9-13(3)16(22)19-7-5-6-8-19;1-7-5-3-2-4-6-7;1-3-2/h9,11-12,14H,5-8,10H2,1-4H3,(H,17,20);2-6H2,1H3;3H2,1-2H3/b13-9+;;/t14-;;/m1../s1. The van der Waals surface area contributed by atoms with Gasteiger partial charge in [-0.2, -0.15) is 0 Å². The average Bonchev–Trinajstić information content (AvgIpc) is 3.31. The molecular weight excluding hydrogens is 404 g/mol. The molecular formula is C25H48N4O3. The molecule has 186 valence electrons. The third kappa shape index (κ3) is 12.2. The second kappa shape index (κ2) is 17.6. The fourth-order valence-electron chi connectivity index (χ4n) is 3.72. The van der Waals surface area contributed by atoms with Gasteiger partial charge in [0, 0.05) is 25.7 Å². The molecule has 0 aromatic heterocycles. The summed E-state index contributed by atoms with van der Waals surface area (Å²) in [5.41, 5.74) is 0.670. The van der Waals surface area contributed by atoms with Gasteiger partial charge in [-0.05, 0) is 58.7 Å². The Balaban J connectivity index is 0.000000790. The van der Waals surface area contributed by atoms with Gasteiger partial charge < -0.3 is 20.0 Å². The van der Waals surface area contributed by atoms with Gasteiger partial charge in [0.25, 0.3) is 0 Å². The summed E-state index contributed by atoms with van der Waals surface area (Å²) in [7, 11) is 3.89. The molecule has 2 aliphatic rings. The summed E-state index contributed by atoms with van der Waals surface area (Å²) in [5, 5.41) is 2.38. The topological polar surface area (TPSA) is 73.0 Å². The van der Waals surface area contributed by atoms with E-state index in [-0.39, 0.29) is 30.3 Å². The first kappa shape index (κ1) is 30.1. The van der Waals surface area contributed by atoms with Gasteiger partial charge in [0.15, 0.2) is 0 Å². The molecule has 1 atom stereocenters. The molecule has 2 heterocycles. The average molecular weight is 453 g/mol. The van der Waals surface area contributed by atoms with Gasteiger partial charge in [0.05, 0.1) is 12.6 Å². The first-order valence-corrected chi connectivity index (χ1v) is 12.3. The van der Waals surface area contributed by atoms with Gasteiger partial charge >= 0.3 is 0 Å². The Morgan fingerprint density at radius 1 is 1.00 bits per heavy atom. The van der Waals surface area contributed by atoms with Crippen LogP contribution in [0.3, 0.4) is 0 Å². The highest BCUT2D eigenvalue weighted by atomic mass is 16.2. The summed E-state index contributed by atoms with van der Waals surface area (Å²) in [6.45, 7) is 14.3. The van der Waals surface area contributed by atoms with E-state index in [4.69, 9.17) is 0 Å². The third-order valence-electron chi connectivity index (χ3n) is 5.59. The summed E-state index contributed by atoms with van der Waals surface area (Å²) < 4.78 is 0. The maximum absolute atomic E-state index is 12.4. The second-order valence-electron chi connectivity index (χ2n) is 9.16. The SMILES string of the molecule is C/C(=C\[C@H](C(C)C)N(C)C(=O)CNC=O)C(=O)N1CCCC1.CCC.CN1CCCCC1. The zero-order valence-corrected chi connectivity index (χ0v) is 21.7. The van der Waals surface area contributed by atoms with Crippen molar-refractivity contribution < 1.29 is 14.4 Å². The lowest BCUT2D eigenvalue weighted by molar-refractivity contribution is -0.132. The first-order valence-electron chi connectivity index (χ1n) is 12.3. The van der Waals surface area contributed by atoms with Gasteiger partial charge in [0.1, 0.15) is 0 Å². The highest BCUT2D eigenvalue weighted by molar-refractivity contribution is 5.93. The van der Waals surface area contributed by atoms with E-state index in [0.717, 1.165) is 25.9 Å². The second-order valence-corrected chi connectivity index (χ2v) is 9.16. The molecule has 2 saturated heterocycles. The van der Waals surface area contributed by atoms with Crippen LogP contribution in [0.5, 0.6) is 0 Å². The van der Waals surface area contributed by atoms with Crippen LogP contribution in [-0.2, 0) is 14.4 Å². The highest BCUT2D eigenvalue weighted by Crippen LogP contribution is 2.16. The molecule has 2 rings (SSSR count). The number of nitrogens with zero attached hydrogens (tertiary/aromatic N) is 3. The largest absolute Gasteiger partial charge is 0.350 e. The van der Waals surface area contributed by atoms with E-state index in [1.807, 2.05) is 24.8 Å². The molecule has 1 N–H and O–H groups in total. The van der Waals surface area contributed by atoms with Gasteiger partial charge in [0.2, 0.25) is 18.2 Å². The van der Waals surface area contributed by atoms with Crippen LogP contribution in [-0.4, -0.2) is 85.8 Å². The van der Waals surface area contributed by atoms with Crippen LogP contribution in [0.15, 0.2) is 11.6 Å². The summed E-state index contributed by atoms with van der Waals surface area (Å²) in [4.78, 5) is 40.5. The van der Waals surface area contributed by atoms with Crippen molar-refractivity contribution in [1.29, 1.82) is 0 Å². The molecule has 0 spiro atoms. The van der Waals surface area contributed by atoms with E-state index in [9.17, 15) is 14.4 Å². The number of carbonyl (C=O) groups is 3. The minimum Gasteiger partial charge on any atom is -0.350 e. The van der Waals surface area contributed by atoms with E-state index in [0.29, 0.717) is 12.0 Å². The predicted octanol–water partition coefficient (Wildman–Crippen LogP) is 3.30. The van der Waals surface area contributed by atoms with Crippen molar-refractivity contribution >= 4 is 18.2 Å². The number of hydrogen-bond donors (Lipinski definition) is 1. The van der Waals surface area contributed by atoms with Crippen molar-refractivity contribution in [3.63, 3.8) is 0 Å². The number of rotatable bonds is 7. The van der Waals surface area contributed by atoms with E-state index in [1.54, 1.807) is 18.9 Å². The maximum Gasteiger partial charge on any atom is 0.249 e. The first-order chi connectivity index (χ1) is 15.2. The molecule has 0 saturated carbocycles. The van der Waals surface area contributed by atoms with Gasteiger partial charge in [-0.1, -0.05) is 46.6 Å². The quantitative estimate of drug-likeness (QED) is 0.475. The summed E-state index contributed by atoms with van der Waals surface area (Å²) >= 11 is 0. The molecule has 0 aromatic rings. The normalized spacial score (nSPS) is 17.5. The van der Waals surface area contributed by atoms with E-state index in [1.165, 1.54) is 38.8 Å². The zero-order valence-electron chi connectivity index (χ0n) is 21.7. The number of nitrogens with one attached hydrogen (secondary N) is 1.